The fourth-order valence-electron chi connectivity index (χ4n) is 4.08. The first-order valence-corrected chi connectivity index (χ1v) is 7.75. The second-order valence-electron chi connectivity index (χ2n) is 6.47. The van der Waals surface area contributed by atoms with Crippen molar-refractivity contribution < 1.29 is 9.72 Å². The number of hydrogen-bond donors (Lipinski definition) is 2. The minimum absolute atomic E-state index is 0.00870. The van der Waals surface area contributed by atoms with Crippen LogP contribution in [-0.2, 0) is 11.3 Å². The minimum atomic E-state index is -0.396. The van der Waals surface area contributed by atoms with Gasteiger partial charge in [0, 0.05) is 24.2 Å². The molecule has 3 rings (SSSR count). The van der Waals surface area contributed by atoms with E-state index in [4.69, 9.17) is 5.73 Å². The third-order valence-electron chi connectivity index (χ3n) is 5.35. The molecular weight excluding hydrogens is 282 g/mol. The van der Waals surface area contributed by atoms with E-state index in [0.717, 1.165) is 24.8 Å². The molecule has 118 valence electrons. The lowest BCUT2D eigenvalue weighted by atomic mass is 9.84. The second-order valence-corrected chi connectivity index (χ2v) is 6.47. The quantitative estimate of drug-likeness (QED) is 0.655. The third kappa shape index (κ3) is 2.47. The molecule has 2 fully saturated rings. The van der Waals surface area contributed by atoms with Gasteiger partial charge in [-0.15, -0.1) is 0 Å². The highest BCUT2D eigenvalue weighted by molar-refractivity contribution is 5.80. The molecule has 6 heteroatoms. The van der Waals surface area contributed by atoms with E-state index < -0.39 is 4.92 Å². The Morgan fingerprint density at radius 1 is 1.41 bits per heavy atom. The van der Waals surface area contributed by atoms with Gasteiger partial charge in [0.2, 0.25) is 5.91 Å². The van der Waals surface area contributed by atoms with Gasteiger partial charge in [-0.2, -0.15) is 0 Å². The summed E-state index contributed by atoms with van der Waals surface area (Å²) in [5, 5.41) is 13.9. The Morgan fingerprint density at radius 2 is 2.14 bits per heavy atom. The lowest BCUT2D eigenvalue weighted by molar-refractivity contribution is -0.385. The number of benzene rings is 1. The number of carbonyl (C=O) groups excluding carboxylic acids is 1. The summed E-state index contributed by atoms with van der Waals surface area (Å²) in [5.41, 5.74) is 7.64. The molecule has 3 N–H and O–H groups in total. The summed E-state index contributed by atoms with van der Waals surface area (Å²) >= 11 is 0. The van der Waals surface area contributed by atoms with Crippen molar-refractivity contribution in [1.29, 1.82) is 0 Å². The molecule has 4 unspecified atom stereocenters. The lowest BCUT2D eigenvalue weighted by Crippen LogP contribution is -2.45. The monoisotopic (exact) mass is 303 g/mol. The summed E-state index contributed by atoms with van der Waals surface area (Å²) in [6.45, 7) is 2.02. The van der Waals surface area contributed by atoms with Crippen molar-refractivity contribution in [2.75, 3.05) is 0 Å². The molecule has 0 radical (unpaired) electrons. The van der Waals surface area contributed by atoms with Crippen LogP contribution in [-0.4, -0.2) is 16.9 Å². The molecule has 22 heavy (non-hydrogen) atoms. The maximum atomic E-state index is 12.4. The van der Waals surface area contributed by atoms with Gasteiger partial charge in [-0.05, 0) is 43.6 Å². The summed E-state index contributed by atoms with van der Waals surface area (Å²) in [6, 6.07) is 4.90. The molecule has 0 aromatic heterocycles. The lowest BCUT2D eigenvalue weighted by Gasteiger charge is -2.27. The first kappa shape index (κ1) is 15.0. The van der Waals surface area contributed by atoms with Crippen LogP contribution in [0.1, 0.15) is 30.4 Å². The van der Waals surface area contributed by atoms with E-state index in [9.17, 15) is 14.9 Å². The van der Waals surface area contributed by atoms with Gasteiger partial charge in [-0.25, -0.2) is 0 Å². The fourth-order valence-corrected chi connectivity index (χ4v) is 4.08. The van der Waals surface area contributed by atoms with Gasteiger partial charge < -0.3 is 11.1 Å². The van der Waals surface area contributed by atoms with Crippen LogP contribution >= 0.6 is 0 Å². The summed E-state index contributed by atoms with van der Waals surface area (Å²) in [7, 11) is 0. The zero-order chi connectivity index (χ0) is 15.9. The van der Waals surface area contributed by atoms with E-state index in [-0.39, 0.29) is 23.6 Å². The first-order valence-electron chi connectivity index (χ1n) is 7.75. The Bertz CT molecular complexity index is 615. The summed E-state index contributed by atoms with van der Waals surface area (Å²) in [5.74, 6) is 0.787. The van der Waals surface area contributed by atoms with Crippen LogP contribution < -0.4 is 11.1 Å². The van der Waals surface area contributed by atoms with Crippen LogP contribution in [0.5, 0.6) is 0 Å². The van der Waals surface area contributed by atoms with Gasteiger partial charge in [0.25, 0.3) is 5.69 Å². The van der Waals surface area contributed by atoms with Crippen LogP contribution in [0.25, 0.3) is 0 Å². The average Bonchev–Trinajstić information content (AvgIpc) is 3.06. The molecule has 1 aromatic rings. The molecule has 0 aliphatic heterocycles. The Labute approximate surface area is 129 Å². The smallest absolute Gasteiger partial charge is 0.272 e. The number of hydrogen-bond acceptors (Lipinski definition) is 4. The number of carbonyl (C=O) groups is 1. The topological polar surface area (TPSA) is 98.3 Å². The zero-order valence-corrected chi connectivity index (χ0v) is 12.6. The molecule has 2 aliphatic carbocycles. The van der Waals surface area contributed by atoms with Gasteiger partial charge >= 0.3 is 0 Å². The maximum absolute atomic E-state index is 12.4. The summed E-state index contributed by atoms with van der Waals surface area (Å²) in [4.78, 5) is 23.0. The Kier molecular flexibility index (Phi) is 3.87. The van der Waals surface area contributed by atoms with Gasteiger partial charge in [-0.1, -0.05) is 12.1 Å². The van der Waals surface area contributed by atoms with Gasteiger partial charge in [0.15, 0.2) is 0 Å². The van der Waals surface area contributed by atoms with Crippen LogP contribution in [0, 0.1) is 34.8 Å². The molecule has 1 amide bonds. The predicted molar refractivity (Wildman–Crippen MR) is 82.0 cm³/mol. The van der Waals surface area contributed by atoms with Crippen molar-refractivity contribution >= 4 is 11.6 Å². The Balaban J connectivity index is 1.67. The molecule has 0 spiro atoms. The number of fused-ring (bicyclic) bond motifs is 2. The van der Waals surface area contributed by atoms with Crippen molar-refractivity contribution in [3.63, 3.8) is 0 Å². The van der Waals surface area contributed by atoms with Crippen molar-refractivity contribution in [1.82, 2.24) is 5.32 Å². The minimum Gasteiger partial charge on any atom is -0.352 e. The molecule has 1 aromatic carbocycles. The zero-order valence-electron chi connectivity index (χ0n) is 12.6. The SMILES string of the molecule is Cc1c(CNC(=O)C2C3CCC(C3)C2N)cccc1[N+](=O)[O-]. The van der Waals surface area contributed by atoms with Crippen LogP contribution in [0.4, 0.5) is 5.69 Å². The number of amides is 1. The van der Waals surface area contributed by atoms with Crippen LogP contribution in [0.15, 0.2) is 18.2 Å². The number of nitrogens with one attached hydrogen (secondary N) is 1. The van der Waals surface area contributed by atoms with E-state index in [0.29, 0.717) is 23.9 Å². The second kappa shape index (κ2) is 5.68. The number of nitrogens with zero attached hydrogens (tertiary/aromatic N) is 1. The van der Waals surface area contributed by atoms with E-state index in [1.54, 1.807) is 13.0 Å². The van der Waals surface area contributed by atoms with Gasteiger partial charge in [0.05, 0.1) is 10.8 Å². The molecule has 0 saturated heterocycles. The number of nitro groups is 1. The largest absolute Gasteiger partial charge is 0.352 e. The van der Waals surface area contributed by atoms with E-state index in [2.05, 4.69) is 5.32 Å². The number of nitrogens with two attached hydrogens (primary N) is 1. The summed E-state index contributed by atoms with van der Waals surface area (Å²) in [6.07, 6.45) is 3.29. The molecule has 2 aliphatic rings. The predicted octanol–water partition coefficient (Wildman–Crippen LogP) is 1.89. The highest BCUT2D eigenvalue weighted by atomic mass is 16.6. The van der Waals surface area contributed by atoms with Crippen molar-refractivity contribution in [3.8, 4) is 0 Å². The van der Waals surface area contributed by atoms with E-state index in [1.807, 2.05) is 6.07 Å². The molecular formula is C16H21N3O3. The standard InChI is InChI=1S/C16H21N3O3/c1-9-12(3-2-4-13(9)19(21)22)8-18-16(20)14-10-5-6-11(7-10)15(14)17/h2-4,10-11,14-15H,5-8,17H2,1H3,(H,18,20). The average molecular weight is 303 g/mol. The van der Waals surface area contributed by atoms with Gasteiger partial charge in [0.1, 0.15) is 0 Å². The normalized spacial score (nSPS) is 29.5. The highest BCUT2D eigenvalue weighted by Gasteiger charge is 2.48. The molecule has 4 atom stereocenters. The molecule has 2 saturated carbocycles. The van der Waals surface area contributed by atoms with Crippen molar-refractivity contribution in [2.45, 2.75) is 38.8 Å². The Hall–Kier alpha value is -1.95. The fraction of sp³-hybridized carbons (Fsp3) is 0.562. The van der Waals surface area contributed by atoms with Crippen LogP contribution in [0.2, 0.25) is 0 Å². The molecule has 0 heterocycles. The number of rotatable bonds is 4. The third-order valence-corrected chi connectivity index (χ3v) is 5.35. The van der Waals surface area contributed by atoms with Gasteiger partial charge in [-0.3, -0.25) is 14.9 Å². The summed E-state index contributed by atoms with van der Waals surface area (Å²) < 4.78 is 0. The molecule has 2 bridgehead atoms. The first-order chi connectivity index (χ1) is 10.5. The van der Waals surface area contributed by atoms with E-state index >= 15 is 0 Å². The molecule has 6 nitrogen and oxygen atoms in total. The van der Waals surface area contributed by atoms with Crippen molar-refractivity contribution in [3.05, 3.63) is 39.4 Å². The van der Waals surface area contributed by atoms with Crippen LogP contribution in [0.3, 0.4) is 0 Å². The van der Waals surface area contributed by atoms with Crippen molar-refractivity contribution in [2.24, 2.45) is 23.5 Å². The maximum Gasteiger partial charge on any atom is 0.272 e. The highest BCUT2D eigenvalue weighted by Crippen LogP contribution is 2.47. The van der Waals surface area contributed by atoms with E-state index in [1.165, 1.54) is 6.07 Å². The Morgan fingerprint density at radius 3 is 2.77 bits per heavy atom. The number of nitro benzene ring substituents is 1.